The molecule has 0 atom stereocenters. The molecular weight excluding hydrogens is 294 g/mol. The van der Waals surface area contributed by atoms with Crippen molar-refractivity contribution in [1.82, 2.24) is 9.97 Å². The maximum atomic E-state index is 11.5. The third kappa shape index (κ3) is 3.21. The number of aromatic nitrogens is 2. The Morgan fingerprint density at radius 1 is 1.09 bits per heavy atom. The average molecular weight is 311 g/mol. The van der Waals surface area contributed by atoms with Crippen LogP contribution in [0.15, 0.2) is 30.6 Å². The second-order valence-electron chi connectivity index (χ2n) is 5.59. The molecule has 0 radical (unpaired) electrons. The number of carboxylic acid groups (broad SMARTS) is 1. The van der Waals surface area contributed by atoms with Crippen LogP contribution >= 0.6 is 0 Å². The van der Waals surface area contributed by atoms with Crippen LogP contribution in [0.3, 0.4) is 0 Å². The van der Waals surface area contributed by atoms with Gasteiger partial charge in [0.2, 0.25) is 0 Å². The summed E-state index contributed by atoms with van der Waals surface area (Å²) in [4.78, 5) is 32.6. The number of Topliss-reactive ketones (excluding diaryl/α,β-unsaturated/α-hetero) is 1. The normalized spacial score (nSPS) is 14.0. The van der Waals surface area contributed by atoms with Crippen LogP contribution in [0.2, 0.25) is 0 Å². The molecule has 2 aromatic rings. The van der Waals surface area contributed by atoms with Gasteiger partial charge in [-0.05, 0) is 37.0 Å². The molecule has 1 aromatic heterocycles. The van der Waals surface area contributed by atoms with Gasteiger partial charge >= 0.3 is 5.97 Å². The number of hydrogen-bond donors (Lipinski definition) is 1. The highest BCUT2D eigenvalue weighted by atomic mass is 16.4. The molecule has 0 amide bonds. The Kier molecular flexibility index (Phi) is 4.06. The van der Waals surface area contributed by atoms with Crippen molar-refractivity contribution in [2.75, 3.05) is 18.0 Å². The van der Waals surface area contributed by atoms with E-state index in [1.807, 2.05) is 18.2 Å². The van der Waals surface area contributed by atoms with E-state index in [4.69, 9.17) is 5.11 Å². The van der Waals surface area contributed by atoms with E-state index in [1.165, 1.54) is 23.5 Å². The van der Waals surface area contributed by atoms with Gasteiger partial charge in [-0.15, -0.1) is 0 Å². The zero-order chi connectivity index (χ0) is 16.4. The minimum atomic E-state index is -1.08. The molecule has 0 saturated carbocycles. The number of benzene rings is 1. The fraction of sp³-hybridized carbons (Fsp3) is 0.294. The molecule has 118 valence electrons. The lowest BCUT2D eigenvalue weighted by Crippen LogP contribution is -2.27. The molecular formula is C17H17N3O3. The number of carboxylic acids is 1. The number of carbonyl (C=O) groups is 2. The summed E-state index contributed by atoms with van der Waals surface area (Å²) < 4.78 is 0. The first-order chi connectivity index (χ1) is 11.0. The number of anilines is 1. The van der Waals surface area contributed by atoms with Gasteiger partial charge in [0, 0.05) is 18.7 Å². The van der Waals surface area contributed by atoms with Gasteiger partial charge in [-0.25, -0.2) is 14.8 Å². The third-order valence-electron chi connectivity index (χ3n) is 4.10. The van der Waals surface area contributed by atoms with Crippen molar-refractivity contribution in [1.29, 1.82) is 0 Å². The van der Waals surface area contributed by atoms with E-state index < -0.39 is 5.97 Å². The summed E-state index contributed by atoms with van der Waals surface area (Å²) in [6.45, 7) is 3.12. The van der Waals surface area contributed by atoms with Crippen LogP contribution in [0.5, 0.6) is 0 Å². The van der Waals surface area contributed by atoms with Gasteiger partial charge in [0.05, 0.1) is 12.4 Å². The Morgan fingerprint density at radius 3 is 2.43 bits per heavy atom. The zero-order valence-electron chi connectivity index (χ0n) is 12.8. The van der Waals surface area contributed by atoms with E-state index in [0.717, 1.165) is 31.5 Å². The number of nitrogens with zero attached hydrogens (tertiary/aromatic N) is 3. The predicted octanol–water partition coefficient (Wildman–Crippen LogP) is 1.98. The Morgan fingerprint density at radius 2 is 1.83 bits per heavy atom. The van der Waals surface area contributed by atoms with Gasteiger partial charge in [0.25, 0.3) is 0 Å². The maximum Gasteiger partial charge on any atom is 0.356 e. The van der Waals surface area contributed by atoms with Gasteiger partial charge in [-0.2, -0.15) is 0 Å². The molecule has 23 heavy (non-hydrogen) atoms. The van der Waals surface area contributed by atoms with Crippen molar-refractivity contribution in [2.45, 2.75) is 19.8 Å². The van der Waals surface area contributed by atoms with Crippen molar-refractivity contribution < 1.29 is 14.7 Å². The highest BCUT2D eigenvalue weighted by Gasteiger charge is 2.17. The third-order valence-corrected chi connectivity index (χ3v) is 4.10. The summed E-state index contributed by atoms with van der Waals surface area (Å²) >= 11 is 0. The highest BCUT2D eigenvalue weighted by molar-refractivity contribution is 5.94. The van der Waals surface area contributed by atoms with Crippen LogP contribution in [0.1, 0.15) is 38.9 Å². The lowest BCUT2D eigenvalue weighted by atomic mass is 9.99. The van der Waals surface area contributed by atoms with Crippen LogP contribution in [-0.4, -0.2) is 39.9 Å². The van der Waals surface area contributed by atoms with Crippen molar-refractivity contribution in [3.63, 3.8) is 0 Å². The minimum absolute atomic E-state index is 0.0574. The Bertz CT molecular complexity index is 756. The molecule has 1 N–H and O–H groups in total. The highest BCUT2D eigenvalue weighted by Crippen LogP contribution is 2.21. The van der Waals surface area contributed by atoms with E-state index in [2.05, 4.69) is 14.9 Å². The second kappa shape index (κ2) is 6.16. The molecule has 0 bridgehead atoms. The average Bonchev–Trinajstić information content (AvgIpc) is 2.76. The van der Waals surface area contributed by atoms with E-state index in [-0.39, 0.29) is 11.5 Å². The first-order valence-electron chi connectivity index (χ1n) is 7.47. The largest absolute Gasteiger partial charge is 0.476 e. The summed E-state index contributed by atoms with van der Waals surface area (Å²) in [6.07, 6.45) is 4.46. The molecule has 0 unspecified atom stereocenters. The molecule has 6 nitrogen and oxygen atoms in total. The monoisotopic (exact) mass is 311 g/mol. The van der Waals surface area contributed by atoms with Gasteiger partial charge < -0.3 is 10.0 Å². The molecule has 0 spiro atoms. The lowest BCUT2D eigenvalue weighted by Gasteiger charge is -2.20. The zero-order valence-corrected chi connectivity index (χ0v) is 12.8. The number of ketones is 1. The first kappa shape index (κ1) is 15.1. The molecule has 1 aromatic carbocycles. The van der Waals surface area contributed by atoms with Crippen LogP contribution in [0.25, 0.3) is 0 Å². The fourth-order valence-electron chi connectivity index (χ4n) is 2.77. The maximum absolute atomic E-state index is 11.5. The molecule has 0 saturated heterocycles. The number of carbonyl (C=O) groups excluding carboxylic acids is 1. The summed E-state index contributed by atoms with van der Waals surface area (Å²) in [6, 6.07) is 5.87. The Labute approximate surface area is 133 Å². The van der Waals surface area contributed by atoms with Crippen LogP contribution in [0.4, 0.5) is 5.82 Å². The van der Waals surface area contributed by atoms with Gasteiger partial charge in [0.1, 0.15) is 5.82 Å². The second-order valence-corrected chi connectivity index (χ2v) is 5.59. The van der Waals surface area contributed by atoms with Crippen LogP contribution in [0, 0.1) is 0 Å². The summed E-state index contributed by atoms with van der Waals surface area (Å²) in [5, 5.41) is 8.88. The molecule has 0 aliphatic carbocycles. The van der Waals surface area contributed by atoms with Crippen LogP contribution in [-0.2, 0) is 12.8 Å². The number of fused-ring (bicyclic) bond motifs is 1. The fourth-order valence-corrected chi connectivity index (χ4v) is 2.77. The summed E-state index contributed by atoms with van der Waals surface area (Å²) in [5.41, 5.74) is 3.11. The van der Waals surface area contributed by atoms with E-state index in [9.17, 15) is 9.59 Å². The van der Waals surface area contributed by atoms with Gasteiger partial charge in [-0.1, -0.05) is 12.1 Å². The lowest BCUT2D eigenvalue weighted by molar-refractivity contribution is 0.0689. The SMILES string of the molecule is CC(=O)c1ccc2c(c1)CCN(c1cnc(C(=O)O)cn1)CC2. The van der Waals surface area contributed by atoms with E-state index >= 15 is 0 Å². The van der Waals surface area contributed by atoms with Crippen LogP contribution < -0.4 is 4.90 Å². The topological polar surface area (TPSA) is 83.4 Å². The molecule has 0 fully saturated rings. The summed E-state index contributed by atoms with van der Waals surface area (Å²) in [5.74, 6) is -0.331. The smallest absolute Gasteiger partial charge is 0.356 e. The van der Waals surface area contributed by atoms with Crippen molar-refractivity contribution in [3.05, 3.63) is 53.0 Å². The Balaban J connectivity index is 1.79. The van der Waals surface area contributed by atoms with E-state index in [0.29, 0.717) is 5.82 Å². The standard InChI is InChI=1S/C17H17N3O3/c1-11(21)13-3-2-12-4-6-20(7-5-14(12)8-13)16-10-18-15(9-19-16)17(22)23/h2-3,8-10H,4-7H2,1H3,(H,22,23). The Hall–Kier alpha value is -2.76. The molecule has 1 aliphatic heterocycles. The van der Waals surface area contributed by atoms with Gasteiger partial charge in [0.15, 0.2) is 11.5 Å². The quantitative estimate of drug-likeness (QED) is 0.873. The predicted molar refractivity (Wildman–Crippen MR) is 85.1 cm³/mol. The van der Waals surface area contributed by atoms with Crippen molar-refractivity contribution >= 4 is 17.6 Å². The van der Waals surface area contributed by atoms with Crippen molar-refractivity contribution in [2.24, 2.45) is 0 Å². The number of aromatic carboxylic acids is 1. The summed E-state index contributed by atoms with van der Waals surface area (Å²) in [7, 11) is 0. The van der Waals surface area contributed by atoms with Gasteiger partial charge in [-0.3, -0.25) is 4.79 Å². The number of rotatable bonds is 3. The first-order valence-corrected chi connectivity index (χ1v) is 7.47. The van der Waals surface area contributed by atoms with Crippen molar-refractivity contribution in [3.8, 4) is 0 Å². The van der Waals surface area contributed by atoms with E-state index in [1.54, 1.807) is 6.92 Å². The number of hydrogen-bond acceptors (Lipinski definition) is 5. The molecule has 2 heterocycles. The minimum Gasteiger partial charge on any atom is -0.476 e. The molecule has 6 heteroatoms. The molecule has 3 rings (SSSR count). The molecule has 1 aliphatic rings.